The number of fused-ring (bicyclic) bond motifs is 1. The molecule has 4 nitrogen and oxygen atoms in total. The van der Waals surface area contributed by atoms with Crippen LogP contribution in [-0.2, 0) is 6.54 Å². The second-order valence-electron chi connectivity index (χ2n) is 6.66. The van der Waals surface area contributed by atoms with Gasteiger partial charge in [-0.3, -0.25) is 4.90 Å². The lowest BCUT2D eigenvalue weighted by Gasteiger charge is -2.33. The van der Waals surface area contributed by atoms with Gasteiger partial charge < -0.3 is 14.5 Å². The Labute approximate surface area is 154 Å². The Morgan fingerprint density at radius 3 is 2.54 bits per heavy atom. The molecule has 3 aromatic rings. The second-order valence-corrected chi connectivity index (χ2v) is 6.66. The van der Waals surface area contributed by atoms with Crippen LogP contribution in [0.4, 0.5) is 0 Å². The second kappa shape index (κ2) is 7.26. The number of H-pyrrole nitrogens is 1. The van der Waals surface area contributed by atoms with Gasteiger partial charge in [0.1, 0.15) is 11.5 Å². The molecule has 1 aliphatic rings. The van der Waals surface area contributed by atoms with Gasteiger partial charge in [0.15, 0.2) is 0 Å². The topological polar surface area (TPSA) is 37.5 Å². The van der Waals surface area contributed by atoms with E-state index in [9.17, 15) is 0 Å². The van der Waals surface area contributed by atoms with Crippen molar-refractivity contribution in [3.8, 4) is 11.5 Å². The van der Waals surface area contributed by atoms with Crippen LogP contribution >= 0.6 is 0 Å². The van der Waals surface area contributed by atoms with Crippen molar-refractivity contribution >= 4 is 10.9 Å². The largest absolute Gasteiger partial charge is 0.497 e. The minimum Gasteiger partial charge on any atom is -0.497 e. The average molecular weight is 348 g/mol. The van der Waals surface area contributed by atoms with Crippen LogP contribution in [0.5, 0.6) is 11.5 Å². The summed E-state index contributed by atoms with van der Waals surface area (Å²) in [6.45, 7) is 1.86. The Morgan fingerprint density at radius 1 is 1.00 bits per heavy atom. The van der Waals surface area contributed by atoms with Crippen molar-refractivity contribution in [3.05, 3.63) is 71.9 Å². The monoisotopic (exact) mass is 348 g/mol. The van der Waals surface area contributed by atoms with Gasteiger partial charge in [-0.1, -0.05) is 24.3 Å². The Hall–Kier alpha value is -2.72. The zero-order valence-electron chi connectivity index (χ0n) is 15.2. The molecule has 2 aromatic carbocycles. The van der Waals surface area contributed by atoms with Crippen molar-refractivity contribution in [2.75, 3.05) is 20.8 Å². The maximum absolute atomic E-state index is 5.42. The van der Waals surface area contributed by atoms with Crippen LogP contribution in [-0.4, -0.2) is 30.6 Å². The van der Waals surface area contributed by atoms with Gasteiger partial charge >= 0.3 is 0 Å². The molecule has 1 atom stereocenters. The molecule has 0 spiro atoms. The fourth-order valence-corrected chi connectivity index (χ4v) is 3.70. The number of hydrogen-bond donors (Lipinski definition) is 1. The van der Waals surface area contributed by atoms with E-state index in [0.717, 1.165) is 36.5 Å². The first-order chi connectivity index (χ1) is 12.8. The molecule has 0 fully saturated rings. The molecule has 1 unspecified atom stereocenters. The van der Waals surface area contributed by atoms with E-state index in [0.29, 0.717) is 6.04 Å². The fraction of sp³-hybridized carbons (Fsp3) is 0.273. The Balaban J connectivity index is 1.64. The lowest BCUT2D eigenvalue weighted by Crippen LogP contribution is -2.30. The molecule has 26 heavy (non-hydrogen) atoms. The molecule has 0 radical (unpaired) electrons. The van der Waals surface area contributed by atoms with Gasteiger partial charge in [0, 0.05) is 36.2 Å². The van der Waals surface area contributed by atoms with E-state index in [1.807, 2.05) is 18.2 Å². The van der Waals surface area contributed by atoms with Crippen LogP contribution in [0, 0.1) is 0 Å². The third kappa shape index (κ3) is 3.20. The molecule has 1 aromatic heterocycles. The van der Waals surface area contributed by atoms with Crippen molar-refractivity contribution in [1.29, 1.82) is 0 Å². The summed E-state index contributed by atoms with van der Waals surface area (Å²) in [5.74, 6) is 1.79. The van der Waals surface area contributed by atoms with Gasteiger partial charge in [-0.25, -0.2) is 0 Å². The summed E-state index contributed by atoms with van der Waals surface area (Å²) >= 11 is 0. The highest BCUT2D eigenvalue weighted by Gasteiger charge is 2.24. The molecular weight excluding hydrogens is 324 g/mol. The molecule has 1 aliphatic heterocycles. The maximum atomic E-state index is 5.42. The smallest absolute Gasteiger partial charge is 0.119 e. The molecule has 1 N–H and O–H groups in total. The fourth-order valence-electron chi connectivity index (χ4n) is 3.70. The summed E-state index contributed by atoms with van der Waals surface area (Å²) < 4.78 is 10.7. The van der Waals surface area contributed by atoms with E-state index in [4.69, 9.17) is 9.47 Å². The number of rotatable bonds is 5. The first kappa shape index (κ1) is 16.7. The van der Waals surface area contributed by atoms with E-state index in [2.05, 4.69) is 52.5 Å². The van der Waals surface area contributed by atoms with Crippen LogP contribution in [0.2, 0.25) is 0 Å². The highest BCUT2D eigenvalue weighted by molar-refractivity contribution is 5.85. The van der Waals surface area contributed by atoms with Crippen LogP contribution in [0.1, 0.15) is 23.6 Å². The van der Waals surface area contributed by atoms with E-state index < -0.39 is 0 Å². The molecule has 134 valence electrons. The third-order valence-corrected chi connectivity index (χ3v) is 5.13. The summed E-state index contributed by atoms with van der Waals surface area (Å²) in [6, 6.07) is 14.9. The summed E-state index contributed by atoms with van der Waals surface area (Å²) in [6.07, 6.45) is 7.71. The minimum absolute atomic E-state index is 0.350. The number of aromatic nitrogens is 1. The Bertz CT molecular complexity index is 912. The maximum Gasteiger partial charge on any atom is 0.119 e. The standard InChI is InChI=1S/C22H24N2O2/c1-25-17-8-6-16(7-9-17)15-24-12-4-3-5-22(24)20-14-23-21-11-10-18(26-2)13-19(20)21/h3-4,6-11,13-14,22-23H,5,12,15H2,1-2H3. The lowest BCUT2D eigenvalue weighted by atomic mass is 9.97. The van der Waals surface area contributed by atoms with Crippen molar-refractivity contribution in [2.45, 2.75) is 19.0 Å². The highest BCUT2D eigenvalue weighted by Crippen LogP contribution is 2.35. The summed E-state index contributed by atoms with van der Waals surface area (Å²) in [7, 11) is 3.42. The van der Waals surface area contributed by atoms with Crippen molar-refractivity contribution in [1.82, 2.24) is 9.88 Å². The van der Waals surface area contributed by atoms with E-state index in [1.165, 1.54) is 16.5 Å². The summed E-state index contributed by atoms with van der Waals surface area (Å²) in [5.41, 5.74) is 3.78. The SMILES string of the molecule is COc1ccc(CN2CC=CCC2c2c[nH]c3ccc(OC)cc23)cc1. The number of aromatic amines is 1. The molecule has 2 heterocycles. The first-order valence-electron chi connectivity index (χ1n) is 8.95. The molecular formula is C22H24N2O2. The van der Waals surface area contributed by atoms with Gasteiger partial charge in [0.2, 0.25) is 0 Å². The number of benzene rings is 2. The van der Waals surface area contributed by atoms with Crippen LogP contribution in [0.15, 0.2) is 60.8 Å². The normalized spacial score (nSPS) is 17.5. The number of ether oxygens (including phenoxy) is 2. The van der Waals surface area contributed by atoms with Gasteiger partial charge in [-0.15, -0.1) is 0 Å². The number of nitrogens with one attached hydrogen (secondary N) is 1. The number of methoxy groups -OCH3 is 2. The van der Waals surface area contributed by atoms with Crippen molar-refractivity contribution < 1.29 is 9.47 Å². The van der Waals surface area contributed by atoms with Crippen LogP contribution < -0.4 is 9.47 Å². The number of nitrogens with zero attached hydrogens (tertiary/aromatic N) is 1. The summed E-state index contributed by atoms with van der Waals surface area (Å²) in [4.78, 5) is 5.93. The predicted octanol–water partition coefficient (Wildman–Crippen LogP) is 4.69. The van der Waals surface area contributed by atoms with E-state index in [1.54, 1.807) is 14.2 Å². The highest BCUT2D eigenvalue weighted by atomic mass is 16.5. The third-order valence-electron chi connectivity index (χ3n) is 5.13. The minimum atomic E-state index is 0.350. The zero-order chi connectivity index (χ0) is 17.9. The van der Waals surface area contributed by atoms with Gasteiger partial charge in [0.25, 0.3) is 0 Å². The number of hydrogen-bond acceptors (Lipinski definition) is 3. The first-order valence-corrected chi connectivity index (χ1v) is 8.95. The predicted molar refractivity (Wildman–Crippen MR) is 105 cm³/mol. The average Bonchev–Trinajstić information content (AvgIpc) is 3.12. The van der Waals surface area contributed by atoms with Crippen LogP contribution in [0.3, 0.4) is 0 Å². The molecule has 0 saturated carbocycles. The van der Waals surface area contributed by atoms with Gasteiger partial charge in [0.05, 0.1) is 14.2 Å². The van der Waals surface area contributed by atoms with Crippen molar-refractivity contribution in [3.63, 3.8) is 0 Å². The molecule has 0 amide bonds. The molecule has 0 bridgehead atoms. The quantitative estimate of drug-likeness (QED) is 0.680. The Kier molecular flexibility index (Phi) is 4.67. The van der Waals surface area contributed by atoms with Gasteiger partial charge in [-0.2, -0.15) is 0 Å². The van der Waals surface area contributed by atoms with E-state index in [-0.39, 0.29) is 0 Å². The molecule has 0 saturated heterocycles. The molecule has 4 heteroatoms. The van der Waals surface area contributed by atoms with Crippen molar-refractivity contribution in [2.24, 2.45) is 0 Å². The zero-order valence-corrected chi connectivity index (χ0v) is 15.2. The van der Waals surface area contributed by atoms with Crippen LogP contribution in [0.25, 0.3) is 10.9 Å². The van der Waals surface area contributed by atoms with E-state index >= 15 is 0 Å². The lowest BCUT2D eigenvalue weighted by molar-refractivity contribution is 0.202. The molecule has 0 aliphatic carbocycles. The summed E-state index contributed by atoms with van der Waals surface area (Å²) in [5, 5.41) is 1.24. The molecule has 4 rings (SSSR count). The van der Waals surface area contributed by atoms with Gasteiger partial charge in [-0.05, 0) is 47.9 Å². The Morgan fingerprint density at radius 2 is 1.77 bits per heavy atom.